The summed E-state index contributed by atoms with van der Waals surface area (Å²) in [6, 6.07) is 22.5. The quantitative estimate of drug-likeness (QED) is 0.520. The van der Waals surface area contributed by atoms with Crippen LogP contribution in [-0.2, 0) is 13.1 Å². The summed E-state index contributed by atoms with van der Waals surface area (Å²) < 4.78 is 5.23. The highest BCUT2D eigenvalue weighted by Crippen LogP contribution is 2.23. The molecule has 0 unspecified atom stereocenters. The summed E-state index contributed by atoms with van der Waals surface area (Å²) in [6.07, 6.45) is 1.58. The number of amides is 1. The van der Waals surface area contributed by atoms with Gasteiger partial charge in [0.25, 0.3) is 5.91 Å². The number of nitrogens with one attached hydrogen (secondary N) is 2. The number of aromatic nitrogens is 1. The smallest absolute Gasteiger partial charge is 0.251 e. The van der Waals surface area contributed by atoms with Crippen molar-refractivity contribution in [3.8, 4) is 6.07 Å². The van der Waals surface area contributed by atoms with Gasteiger partial charge in [-0.15, -0.1) is 0 Å². The van der Waals surface area contributed by atoms with E-state index in [0.29, 0.717) is 30.1 Å². The van der Waals surface area contributed by atoms with Crippen molar-refractivity contribution in [3.05, 3.63) is 95.6 Å². The summed E-state index contributed by atoms with van der Waals surface area (Å²) in [5.41, 5.74) is 3.49. The Morgan fingerprint density at radius 1 is 1.03 bits per heavy atom. The molecule has 0 saturated heterocycles. The maximum atomic E-state index is 12.4. The SMILES string of the molecule is N#Cc1cc(NCc2cccc(C(=O)NCc3ccco3)c2)c2ccccc2n1. The highest BCUT2D eigenvalue weighted by Gasteiger charge is 2.09. The zero-order valence-electron chi connectivity index (χ0n) is 15.6. The molecular weight excluding hydrogens is 364 g/mol. The first-order valence-electron chi connectivity index (χ1n) is 9.16. The third kappa shape index (κ3) is 4.25. The third-order valence-electron chi connectivity index (χ3n) is 4.51. The second-order valence-corrected chi connectivity index (χ2v) is 6.50. The van der Waals surface area contributed by atoms with Crippen molar-refractivity contribution in [2.24, 2.45) is 0 Å². The molecule has 2 N–H and O–H groups in total. The monoisotopic (exact) mass is 382 g/mol. The molecule has 4 aromatic rings. The number of anilines is 1. The molecule has 1 amide bonds. The van der Waals surface area contributed by atoms with Gasteiger partial charge in [0.05, 0.1) is 18.3 Å². The predicted octanol–water partition coefficient (Wildman–Crippen LogP) is 4.24. The van der Waals surface area contributed by atoms with Gasteiger partial charge in [0.1, 0.15) is 17.5 Å². The first kappa shape index (κ1) is 18.3. The minimum atomic E-state index is -0.163. The Morgan fingerprint density at radius 2 is 1.93 bits per heavy atom. The minimum absolute atomic E-state index is 0.163. The number of carbonyl (C=O) groups excluding carboxylic acids is 1. The van der Waals surface area contributed by atoms with Crippen molar-refractivity contribution in [3.63, 3.8) is 0 Å². The Balaban J connectivity index is 1.48. The fourth-order valence-corrected chi connectivity index (χ4v) is 3.08. The average Bonchev–Trinajstić information content (AvgIpc) is 3.29. The van der Waals surface area contributed by atoms with Crippen LogP contribution in [0.2, 0.25) is 0 Å². The topological polar surface area (TPSA) is 91.0 Å². The van der Waals surface area contributed by atoms with Crippen molar-refractivity contribution in [2.75, 3.05) is 5.32 Å². The van der Waals surface area contributed by atoms with E-state index in [0.717, 1.165) is 22.2 Å². The van der Waals surface area contributed by atoms with Crippen molar-refractivity contribution in [1.82, 2.24) is 10.3 Å². The van der Waals surface area contributed by atoms with E-state index in [4.69, 9.17) is 4.42 Å². The highest BCUT2D eigenvalue weighted by atomic mass is 16.3. The summed E-state index contributed by atoms with van der Waals surface area (Å²) in [5, 5.41) is 16.4. The second-order valence-electron chi connectivity index (χ2n) is 6.50. The molecule has 0 saturated carbocycles. The Kier molecular flexibility index (Phi) is 5.21. The van der Waals surface area contributed by atoms with Crippen molar-refractivity contribution >= 4 is 22.5 Å². The number of rotatable bonds is 6. The molecule has 0 aliphatic rings. The highest BCUT2D eigenvalue weighted by molar-refractivity contribution is 5.94. The van der Waals surface area contributed by atoms with E-state index in [1.165, 1.54) is 0 Å². The standard InChI is InChI=1S/C23H18N4O2/c24-13-18-12-22(20-8-1-2-9-21(20)27-18)25-14-16-5-3-6-17(11-16)23(28)26-15-19-7-4-10-29-19/h1-12H,14-15H2,(H,25,27)(H,26,28). The van der Waals surface area contributed by atoms with E-state index in [1.807, 2.05) is 48.5 Å². The number of hydrogen-bond donors (Lipinski definition) is 2. The summed E-state index contributed by atoms with van der Waals surface area (Å²) >= 11 is 0. The van der Waals surface area contributed by atoms with E-state index in [2.05, 4.69) is 21.7 Å². The van der Waals surface area contributed by atoms with Crippen LogP contribution in [-0.4, -0.2) is 10.9 Å². The molecule has 6 nitrogen and oxygen atoms in total. The van der Waals surface area contributed by atoms with Crippen LogP contribution in [0.4, 0.5) is 5.69 Å². The number of nitriles is 1. The Bertz CT molecular complexity index is 1190. The molecule has 0 bridgehead atoms. The summed E-state index contributed by atoms with van der Waals surface area (Å²) in [4.78, 5) is 16.7. The molecule has 0 radical (unpaired) electrons. The summed E-state index contributed by atoms with van der Waals surface area (Å²) in [7, 11) is 0. The Hall–Kier alpha value is -4.11. The number of fused-ring (bicyclic) bond motifs is 1. The molecule has 4 rings (SSSR count). The third-order valence-corrected chi connectivity index (χ3v) is 4.51. The van der Waals surface area contributed by atoms with E-state index in [9.17, 15) is 10.1 Å². The molecule has 2 heterocycles. The zero-order valence-corrected chi connectivity index (χ0v) is 15.6. The number of benzene rings is 2. The molecule has 2 aromatic heterocycles. The number of nitrogens with zero attached hydrogens (tertiary/aromatic N) is 2. The van der Waals surface area contributed by atoms with Gasteiger partial charge in [0.2, 0.25) is 0 Å². The van der Waals surface area contributed by atoms with Crippen LogP contribution in [0.1, 0.15) is 27.4 Å². The molecular formula is C23H18N4O2. The van der Waals surface area contributed by atoms with Crippen LogP contribution >= 0.6 is 0 Å². The lowest BCUT2D eigenvalue weighted by molar-refractivity contribution is 0.0948. The van der Waals surface area contributed by atoms with E-state index >= 15 is 0 Å². The molecule has 29 heavy (non-hydrogen) atoms. The number of carbonyl (C=O) groups is 1. The number of para-hydroxylation sites is 1. The van der Waals surface area contributed by atoms with Crippen molar-refractivity contribution < 1.29 is 9.21 Å². The lowest BCUT2D eigenvalue weighted by Gasteiger charge is -2.11. The van der Waals surface area contributed by atoms with Gasteiger partial charge in [0, 0.05) is 23.2 Å². The molecule has 2 aromatic carbocycles. The minimum Gasteiger partial charge on any atom is -0.467 e. The average molecular weight is 382 g/mol. The van der Waals surface area contributed by atoms with Gasteiger partial charge in [-0.2, -0.15) is 5.26 Å². The van der Waals surface area contributed by atoms with Crippen LogP contribution in [0.15, 0.2) is 77.4 Å². The Labute approximate surface area is 167 Å². The molecule has 0 atom stereocenters. The van der Waals surface area contributed by atoms with Gasteiger partial charge < -0.3 is 15.1 Å². The van der Waals surface area contributed by atoms with Gasteiger partial charge in [-0.05, 0) is 42.0 Å². The van der Waals surface area contributed by atoms with E-state index in [-0.39, 0.29) is 5.91 Å². The zero-order chi connectivity index (χ0) is 20.1. The molecule has 142 valence electrons. The summed E-state index contributed by atoms with van der Waals surface area (Å²) in [5.74, 6) is 0.540. The molecule has 0 aliphatic carbocycles. The van der Waals surface area contributed by atoms with Gasteiger partial charge in [-0.1, -0.05) is 30.3 Å². The van der Waals surface area contributed by atoms with E-state index in [1.54, 1.807) is 24.5 Å². The largest absolute Gasteiger partial charge is 0.467 e. The van der Waals surface area contributed by atoms with Crippen LogP contribution in [0, 0.1) is 11.3 Å². The fraction of sp³-hybridized carbons (Fsp3) is 0.0870. The van der Waals surface area contributed by atoms with Crippen molar-refractivity contribution in [1.29, 1.82) is 5.26 Å². The van der Waals surface area contributed by atoms with Crippen LogP contribution < -0.4 is 10.6 Å². The van der Waals surface area contributed by atoms with Crippen LogP contribution in [0.3, 0.4) is 0 Å². The lowest BCUT2D eigenvalue weighted by Crippen LogP contribution is -2.22. The summed E-state index contributed by atoms with van der Waals surface area (Å²) in [6.45, 7) is 0.854. The van der Waals surface area contributed by atoms with Gasteiger partial charge in [-0.25, -0.2) is 4.98 Å². The van der Waals surface area contributed by atoms with Gasteiger partial charge in [-0.3, -0.25) is 4.79 Å². The molecule has 6 heteroatoms. The Morgan fingerprint density at radius 3 is 2.76 bits per heavy atom. The lowest BCUT2D eigenvalue weighted by atomic mass is 10.1. The van der Waals surface area contributed by atoms with Crippen LogP contribution in [0.25, 0.3) is 10.9 Å². The van der Waals surface area contributed by atoms with Crippen LogP contribution in [0.5, 0.6) is 0 Å². The first-order chi connectivity index (χ1) is 14.2. The maximum Gasteiger partial charge on any atom is 0.251 e. The maximum absolute atomic E-state index is 12.4. The predicted molar refractivity (Wildman–Crippen MR) is 110 cm³/mol. The number of hydrogen-bond acceptors (Lipinski definition) is 5. The van der Waals surface area contributed by atoms with Gasteiger partial charge >= 0.3 is 0 Å². The van der Waals surface area contributed by atoms with Crippen molar-refractivity contribution in [2.45, 2.75) is 13.1 Å². The molecule has 0 aliphatic heterocycles. The molecule has 0 spiro atoms. The molecule has 0 fully saturated rings. The number of furan rings is 1. The first-order valence-corrected chi connectivity index (χ1v) is 9.16. The normalized spacial score (nSPS) is 10.4. The van der Waals surface area contributed by atoms with E-state index < -0.39 is 0 Å². The second kappa shape index (κ2) is 8.28. The fourth-order valence-electron chi connectivity index (χ4n) is 3.08. The van der Waals surface area contributed by atoms with Gasteiger partial charge in [0.15, 0.2) is 0 Å². The number of pyridine rings is 1.